The first-order valence-electron chi connectivity index (χ1n) is 7.77. The monoisotopic (exact) mass is 399 g/mol. The number of aromatic nitrogens is 4. The van der Waals surface area contributed by atoms with Gasteiger partial charge >= 0.3 is 0 Å². The molecule has 0 aliphatic rings. The Hall–Kier alpha value is -3.80. The Balaban J connectivity index is 1.97. The number of primary amides is 1. The van der Waals surface area contributed by atoms with Crippen LogP contribution < -0.4 is 11.1 Å². The molecule has 1 heterocycles. The van der Waals surface area contributed by atoms with Crippen LogP contribution in [0.1, 0.15) is 17.3 Å². The number of benzene rings is 2. The van der Waals surface area contributed by atoms with Gasteiger partial charge in [0.05, 0.1) is 15.5 Å². The summed E-state index contributed by atoms with van der Waals surface area (Å²) in [6.45, 7) is 1.39. The molecule has 0 aliphatic carbocycles. The SMILES string of the molecule is CC(=O)Nc1cccc(-n2nnnc2Sc2ccc(C(N)=O)cc2[N+](=O)[O-])c1. The van der Waals surface area contributed by atoms with E-state index in [1.807, 2.05) is 0 Å². The van der Waals surface area contributed by atoms with Crippen LogP contribution in [0.25, 0.3) is 5.69 Å². The third-order valence-electron chi connectivity index (χ3n) is 3.49. The van der Waals surface area contributed by atoms with Gasteiger partial charge < -0.3 is 11.1 Å². The van der Waals surface area contributed by atoms with Crippen molar-refractivity contribution in [3.8, 4) is 5.69 Å². The molecule has 0 atom stereocenters. The van der Waals surface area contributed by atoms with Gasteiger partial charge in [0.2, 0.25) is 17.0 Å². The van der Waals surface area contributed by atoms with Gasteiger partial charge in [0.1, 0.15) is 0 Å². The number of carbonyl (C=O) groups excluding carboxylic acids is 2. The highest BCUT2D eigenvalue weighted by Crippen LogP contribution is 2.35. The van der Waals surface area contributed by atoms with Gasteiger partial charge in [0, 0.05) is 24.2 Å². The number of hydrogen-bond acceptors (Lipinski definition) is 8. The van der Waals surface area contributed by atoms with Gasteiger partial charge in [-0.2, -0.15) is 4.68 Å². The second kappa shape index (κ2) is 7.84. The summed E-state index contributed by atoms with van der Waals surface area (Å²) in [5.41, 5.74) is 6.02. The minimum Gasteiger partial charge on any atom is -0.366 e. The Morgan fingerprint density at radius 3 is 2.71 bits per heavy atom. The van der Waals surface area contributed by atoms with Crippen LogP contribution in [0.3, 0.4) is 0 Å². The van der Waals surface area contributed by atoms with Crippen molar-refractivity contribution in [1.29, 1.82) is 0 Å². The van der Waals surface area contributed by atoms with Crippen molar-refractivity contribution >= 4 is 35.0 Å². The zero-order chi connectivity index (χ0) is 20.3. The number of nitrogens with two attached hydrogens (primary N) is 1. The molecule has 0 aliphatic heterocycles. The quantitative estimate of drug-likeness (QED) is 0.468. The number of nitro groups is 1. The number of nitrogens with one attached hydrogen (secondary N) is 1. The van der Waals surface area contributed by atoms with Crippen molar-refractivity contribution in [2.45, 2.75) is 17.0 Å². The van der Waals surface area contributed by atoms with Crippen LogP contribution in [0.5, 0.6) is 0 Å². The molecular formula is C16H13N7O4S. The molecule has 0 saturated carbocycles. The Bertz CT molecular complexity index is 1080. The fourth-order valence-electron chi connectivity index (χ4n) is 2.32. The highest BCUT2D eigenvalue weighted by Gasteiger charge is 2.20. The molecule has 0 spiro atoms. The molecule has 0 bridgehead atoms. The van der Waals surface area contributed by atoms with E-state index in [9.17, 15) is 19.7 Å². The third kappa shape index (κ3) is 4.12. The smallest absolute Gasteiger partial charge is 0.284 e. The van der Waals surface area contributed by atoms with Crippen LogP contribution in [0, 0.1) is 10.1 Å². The summed E-state index contributed by atoms with van der Waals surface area (Å²) < 4.78 is 1.38. The van der Waals surface area contributed by atoms with Gasteiger partial charge in [0.15, 0.2) is 0 Å². The van der Waals surface area contributed by atoms with Crippen molar-refractivity contribution in [3.05, 3.63) is 58.1 Å². The molecule has 12 heteroatoms. The molecule has 0 saturated heterocycles. The topological polar surface area (TPSA) is 159 Å². The second-order valence-electron chi connectivity index (χ2n) is 5.51. The van der Waals surface area contributed by atoms with Crippen LogP contribution in [0.15, 0.2) is 52.5 Å². The number of hydrogen-bond donors (Lipinski definition) is 2. The highest BCUT2D eigenvalue weighted by atomic mass is 32.2. The van der Waals surface area contributed by atoms with E-state index in [0.717, 1.165) is 17.8 Å². The predicted molar refractivity (Wildman–Crippen MR) is 99.2 cm³/mol. The van der Waals surface area contributed by atoms with E-state index in [1.54, 1.807) is 24.3 Å². The molecular weight excluding hydrogens is 386 g/mol. The van der Waals surface area contributed by atoms with E-state index in [1.165, 1.54) is 23.7 Å². The first kappa shape index (κ1) is 19.0. The van der Waals surface area contributed by atoms with E-state index < -0.39 is 10.8 Å². The van der Waals surface area contributed by atoms with E-state index in [-0.39, 0.29) is 27.2 Å². The maximum Gasteiger partial charge on any atom is 0.284 e. The van der Waals surface area contributed by atoms with Crippen LogP contribution in [0.4, 0.5) is 11.4 Å². The Labute approximate surface area is 162 Å². The summed E-state index contributed by atoms with van der Waals surface area (Å²) in [6, 6.07) is 10.7. The zero-order valence-corrected chi connectivity index (χ0v) is 15.2. The average molecular weight is 399 g/mol. The minimum atomic E-state index is -0.765. The number of anilines is 1. The predicted octanol–water partition coefficient (Wildman–Crippen LogP) is 1.78. The number of tetrazole rings is 1. The largest absolute Gasteiger partial charge is 0.366 e. The summed E-state index contributed by atoms with van der Waals surface area (Å²) in [5, 5.41) is 25.7. The molecule has 11 nitrogen and oxygen atoms in total. The molecule has 28 heavy (non-hydrogen) atoms. The average Bonchev–Trinajstić information content (AvgIpc) is 3.09. The Kier molecular flexibility index (Phi) is 5.31. The number of rotatable bonds is 6. The maximum atomic E-state index is 11.4. The van der Waals surface area contributed by atoms with E-state index in [4.69, 9.17) is 5.73 Å². The van der Waals surface area contributed by atoms with Gasteiger partial charge in [-0.15, -0.1) is 5.10 Å². The second-order valence-corrected chi connectivity index (χ2v) is 6.52. The lowest BCUT2D eigenvalue weighted by Crippen LogP contribution is -2.11. The summed E-state index contributed by atoms with van der Waals surface area (Å²) in [7, 11) is 0. The van der Waals surface area contributed by atoms with Crippen LogP contribution in [-0.2, 0) is 4.79 Å². The number of nitro benzene ring substituents is 1. The summed E-state index contributed by atoms with van der Waals surface area (Å²) in [5.74, 6) is -0.993. The highest BCUT2D eigenvalue weighted by molar-refractivity contribution is 7.99. The lowest BCUT2D eigenvalue weighted by molar-refractivity contribution is -0.387. The third-order valence-corrected chi connectivity index (χ3v) is 4.50. The molecule has 2 amide bonds. The standard InChI is InChI=1S/C16H13N7O4S/c1-9(24)18-11-3-2-4-12(8-11)22-16(19-20-21-22)28-14-6-5-10(15(17)25)7-13(14)23(26)27/h2-8H,1H3,(H2,17,25)(H,18,24). The first-order chi connectivity index (χ1) is 13.3. The van der Waals surface area contributed by atoms with Gasteiger partial charge in [-0.25, -0.2) is 0 Å². The Morgan fingerprint density at radius 2 is 2.04 bits per heavy atom. The Morgan fingerprint density at radius 1 is 1.25 bits per heavy atom. The van der Waals surface area contributed by atoms with E-state index >= 15 is 0 Å². The lowest BCUT2D eigenvalue weighted by Gasteiger charge is -2.07. The molecule has 3 rings (SSSR count). The minimum absolute atomic E-state index is 0.0265. The number of nitrogens with zero attached hydrogens (tertiary/aromatic N) is 5. The van der Waals surface area contributed by atoms with Gasteiger partial charge in [-0.3, -0.25) is 19.7 Å². The van der Waals surface area contributed by atoms with Gasteiger partial charge in [-0.1, -0.05) is 6.07 Å². The lowest BCUT2D eigenvalue weighted by atomic mass is 10.2. The number of amides is 2. The molecule has 0 fully saturated rings. The van der Waals surface area contributed by atoms with Crippen LogP contribution in [0.2, 0.25) is 0 Å². The van der Waals surface area contributed by atoms with Crippen molar-refractivity contribution in [2.75, 3.05) is 5.32 Å². The summed E-state index contributed by atoms with van der Waals surface area (Å²) >= 11 is 0.957. The molecule has 0 unspecified atom stereocenters. The molecule has 0 radical (unpaired) electrons. The molecule has 3 aromatic rings. The van der Waals surface area contributed by atoms with Gasteiger partial charge in [-0.05, 0) is 52.5 Å². The van der Waals surface area contributed by atoms with Crippen molar-refractivity contribution in [1.82, 2.24) is 20.2 Å². The van der Waals surface area contributed by atoms with E-state index in [2.05, 4.69) is 20.8 Å². The zero-order valence-electron chi connectivity index (χ0n) is 14.4. The van der Waals surface area contributed by atoms with E-state index in [0.29, 0.717) is 11.4 Å². The maximum absolute atomic E-state index is 11.4. The number of carbonyl (C=O) groups is 2. The first-order valence-corrected chi connectivity index (χ1v) is 8.59. The normalized spacial score (nSPS) is 10.5. The summed E-state index contributed by atoms with van der Waals surface area (Å²) in [4.78, 5) is 33.5. The van der Waals surface area contributed by atoms with Crippen molar-refractivity contribution in [3.63, 3.8) is 0 Å². The van der Waals surface area contributed by atoms with Crippen molar-refractivity contribution in [2.24, 2.45) is 5.73 Å². The van der Waals surface area contributed by atoms with Crippen molar-refractivity contribution < 1.29 is 14.5 Å². The molecule has 2 aromatic carbocycles. The fourth-order valence-corrected chi connectivity index (χ4v) is 3.20. The van der Waals surface area contributed by atoms with Crippen LogP contribution >= 0.6 is 11.8 Å². The van der Waals surface area contributed by atoms with Gasteiger partial charge in [0.25, 0.3) is 5.69 Å². The summed E-state index contributed by atoms with van der Waals surface area (Å²) in [6.07, 6.45) is 0. The fraction of sp³-hybridized carbons (Fsp3) is 0.0625. The molecule has 142 valence electrons. The molecule has 1 aromatic heterocycles. The van der Waals surface area contributed by atoms with Crippen LogP contribution in [-0.4, -0.2) is 36.9 Å². The molecule has 3 N–H and O–H groups in total.